The van der Waals surface area contributed by atoms with E-state index in [9.17, 15) is 4.79 Å². The summed E-state index contributed by atoms with van der Waals surface area (Å²) < 4.78 is 0. The minimum absolute atomic E-state index is 0.0123. The average Bonchev–Trinajstić information content (AvgIpc) is 2.65. The largest absolute Gasteiger partial charge is 0.336 e. The van der Waals surface area contributed by atoms with Crippen molar-refractivity contribution in [3.05, 3.63) is 29.8 Å². The molecule has 0 spiro atoms. The lowest BCUT2D eigenvalue weighted by Crippen LogP contribution is -2.27. The van der Waals surface area contributed by atoms with Crippen LogP contribution < -0.4 is 10.2 Å². The van der Waals surface area contributed by atoms with Crippen LogP contribution in [0.2, 0.25) is 0 Å². The monoisotopic (exact) mass is 190 g/mol. The van der Waals surface area contributed by atoms with E-state index in [0.717, 1.165) is 25.2 Å². The van der Waals surface area contributed by atoms with E-state index in [0.29, 0.717) is 0 Å². The SMILES string of the molecule is CCc1cccc(N2CCNC2=O)c1. The number of anilines is 1. The Hall–Kier alpha value is -1.51. The van der Waals surface area contributed by atoms with E-state index < -0.39 is 0 Å². The van der Waals surface area contributed by atoms with Crippen LogP contribution in [-0.4, -0.2) is 19.1 Å². The zero-order valence-corrected chi connectivity index (χ0v) is 8.29. The van der Waals surface area contributed by atoms with Crippen molar-refractivity contribution in [2.75, 3.05) is 18.0 Å². The number of aryl methyl sites for hydroxylation is 1. The Kier molecular flexibility index (Phi) is 2.39. The van der Waals surface area contributed by atoms with Gasteiger partial charge in [-0.15, -0.1) is 0 Å². The van der Waals surface area contributed by atoms with Gasteiger partial charge in [0.1, 0.15) is 0 Å². The molecule has 1 aromatic rings. The first-order valence-corrected chi connectivity index (χ1v) is 4.95. The van der Waals surface area contributed by atoms with Gasteiger partial charge in [-0.25, -0.2) is 4.79 Å². The van der Waals surface area contributed by atoms with Crippen molar-refractivity contribution in [2.24, 2.45) is 0 Å². The highest BCUT2D eigenvalue weighted by Gasteiger charge is 2.20. The fraction of sp³-hybridized carbons (Fsp3) is 0.364. The van der Waals surface area contributed by atoms with E-state index in [1.807, 2.05) is 12.1 Å². The predicted octanol–water partition coefficient (Wildman–Crippen LogP) is 1.78. The van der Waals surface area contributed by atoms with Crippen molar-refractivity contribution in [1.29, 1.82) is 0 Å². The van der Waals surface area contributed by atoms with Gasteiger partial charge in [-0.1, -0.05) is 19.1 Å². The molecule has 3 nitrogen and oxygen atoms in total. The van der Waals surface area contributed by atoms with E-state index >= 15 is 0 Å². The maximum absolute atomic E-state index is 11.4. The number of hydrogen-bond acceptors (Lipinski definition) is 1. The molecular formula is C11H14N2O. The first kappa shape index (κ1) is 9.06. The minimum Gasteiger partial charge on any atom is -0.336 e. The molecule has 1 heterocycles. The van der Waals surface area contributed by atoms with Crippen LogP contribution in [0.25, 0.3) is 0 Å². The summed E-state index contributed by atoms with van der Waals surface area (Å²) in [7, 11) is 0. The third kappa shape index (κ3) is 1.58. The molecule has 0 unspecified atom stereocenters. The Morgan fingerprint density at radius 3 is 3.00 bits per heavy atom. The van der Waals surface area contributed by atoms with E-state index in [-0.39, 0.29) is 6.03 Å². The maximum atomic E-state index is 11.4. The quantitative estimate of drug-likeness (QED) is 0.757. The van der Waals surface area contributed by atoms with Crippen LogP contribution >= 0.6 is 0 Å². The number of carbonyl (C=O) groups excluding carboxylic acids is 1. The van der Waals surface area contributed by atoms with Gasteiger partial charge >= 0.3 is 6.03 Å². The summed E-state index contributed by atoms with van der Waals surface area (Å²) in [5.41, 5.74) is 2.27. The molecule has 0 saturated carbocycles. The number of rotatable bonds is 2. The summed E-state index contributed by atoms with van der Waals surface area (Å²) in [5, 5.41) is 2.79. The van der Waals surface area contributed by atoms with Crippen molar-refractivity contribution >= 4 is 11.7 Å². The molecule has 3 heteroatoms. The molecule has 0 aliphatic carbocycles. The summed E-state index contributed by atoms with van der Waals surface area (Å²) in [4.78, 5) is 13.2. The Labute approximate surface area is 83.7 Å². The van der Waals surface area contributed by atoms with Gasteiger partial charge < -0.3 is 5.32 Å². The number of urea groups is 1. The zero-order valence-electron chi connectivity index (χ0n) is 8.29. The number of benzene rings is 1. The summed E-state index contributed by atoms with van der Waals surface area (Å²) in [5.74, 6) is 0. The second kappa shape index (κ2) is 3.70. The maximum Gasteiger partial charge on any atom is 0.321 e. The van der Waals surface area contributed by atoms with Gasteiger partial charge in [0.25, 0.3) is 0 Å². The molecule has 1 aromatic carbocycles. The molecule has 1 fully saturated rings. The van der Waals surface area contributed by atoms with Gasteiger partial charge in [0, 0.05) is 18.8 Å². The number of nitrogens with zero attached hydrogens (tertiary/aromatic N) is 1. The van der Waals surface area contributed by atoms with Gasteiger partial charge in [-0.05, 0) is 24.1 Å². The Balaban J connectivity index is 2.26. The molecule has 0 radical (unpaired) electrons. The van der Waals surface area contributed by atoms with Crippen molar-refractivity contribution in [3.63, 3.8) is 0 Å². The normalized spacial score (nSPS) is 15.8. The lowest BCUT2D eigenvalue weighted by atomic mass is 10.1. The molecule has 2 rings (SSSR count). The Bertz CT molecular complexity index is 349. The van der Waals surface area contributed by atoms with Gasteiger partial charge in [-0.3, -0.25) is 4.90 Å². The minimum atomic E-state index is 0.0123. The van der Waals surface area contributed by atoms with E-state index in [4.69, 9.17) is 0 Å². The Morgan fingerprint density at radius 2 is 2.36 bits per heavy atom. The molecule has 0 atom stereocenters. The predicted molar refractivity (Wildman–Crippen MR) is 56.6 cm³/mol. The van der Waals surface area contributed by atoms with Crippen molar-refractivity contribution in [1.82, 2.24) is 5.32 Å². The highest BCUT2D eigenvalue weighted by molar-refractivity contribution is 5.94. The lowest BCUT2D eigenvalue weighted by molar-refractivity contribution is 0.252. The summed E-state index contributed by atoms with van der Waals surface area (Å²) in [6.07, 6.45) is 1.00. The summed E-state index contributed by atoms with van der Waals surface area (Å²) in [6, 6.07) is 8.14. The average molecular weight is 190 g/mol. The molecule has 1 aliphatic heterocycles. The van der Waals surface area contributed by atoms with E-state index in [2.05, 4.69) is 24.4 Å². The van der Waals surface area contributed by atoms with Gasteiger partial charge in [-0.2, -0.15) is 0 Å². The first-order valence-electron chi connectivity index (χ1n) is 4.95. The number of hydrogen-bond donors (Lipinski definition) is 1. The topological polar surface area (TPSA) is 32.3 Å². The summed E-state index contributed by atoms with van der Waals surface area (Å²) >= 11 is 0. The third-order valence-corrected chi connectivity index (χ3v) is 2.49. The van der Waals surface area contributed by atoms with Crippen LogP contribution in [0.4, 0.5) is 10.5 Å². The highest BCUT2D eigenvalue weighted by Crippen LogP contribution is 2.18. The Morgan fingerprint density at radius 1 is 1.50 bits per heavy atom. The molecule has 1 aliphatic rings. The molecule has 74 valence electrons. The standard InChI is InChI=1S/C11H14N2O/c1-2-9-4-3-5-10(8-9)13-7-6-12-11(13)14/h3-5,8H,2,6-7H2,1H3,(H,12,14). The van der Waals surface area contributed by atoms with Crippen LogP contribution in [0.1, 0.15) is 12.5 Å². The van der Waals surface area contributed by atoms with Gasteiger partial charge in [0.05, 0.1) is 0 Å². The third-order valence-electron chi connectivity index (χ3n) is 2.49. The van der Waals surface area contributed by atoms with Crippen molar-refractivity contribution in [2.45, 2.75) is 13.3 Å². The molecular weight excluding hydrogens is 176 g/mol. The second-order valence-electron chi connectivity index (χ2n) is 3.41. The molecule has 1 saturated heterocycles. The highest BCUT2D eigenvalue weighted by atomic mass is 16.2. The van der Waals surface area contributed by atoms with Gasteiger partial charge in [0.15, 0.2) is 0 Å². The van der Waals surface area contributed by atoms with Crippen LogP contribution in [0, 0.1) is 0 Å². The molecule has 1 N–H and O–H groups in total. The van der Waals surface area contributed by atoms with Crippen LogP contribution in [0.15, 0.2) is 24.3 Å². The smallest absolute Gasteiger partial charge is 0.321 e. The van der Waals surface area contributed by atoms with E-state index in [1.54, 1.807) is 4.90 Å². The zero-order chi connectivity index (χ0) is 9.97. The summed E-state index contributed by atoms with van der Waals surface area (Å²) in [6.45, 7) is 3.63. The van der Waals surface area contributed by atoms with Crippen LogP contribution in [-0.2, 0) is 6.42 Å². The number of carbonyl (C=O) groups is 1. The van der Waals surface area contributed by atoms with Gasteiger partial charge in [0.2, 0.25) is 0 Å². The van der Waals surface area contributed by atoms with E-state index in [1.165, 1.54) is 5.56 Å². The molecule has 0 aromatic heterocycles. The van der Waals surface area contributed by atoms with Crippen molar-refractivity contribution in [3.8, 4) is 0 Å². The second-order valence-corrected chi connectivity index (χ2v) is 3.41. The lowest BCUT2D eigenvalue weighted by Gasteiger charge is -2.14. The van der Waals surface area contributed by atoms with Crippen molar-refractivity contribution < 1.29 is 4.79 Å². The van der Waals surface area contributed by atoms with Crippen LogP contribution in [0.3, 0.4) is 0 Å². The fourth-order valence-corrected chi connectivity index (χ4v) is 1.66. The van der Waals surface area contributed by atoms with Crippen LogP contribution in [0.5, 0.6) is 0 Å². The first-order chi connectivity index (χ1) is 6.81. The fourth-order valence-electron chi connectivity index (χ4n) is 1.66. The number of nitrogens with one attached hydrogen (secondary N) is 1. The molecule has 14 heavy (non-hydrogen) atoms. The molecule has 2 amide bonds. The molecule has 0 bridgehead atoms. The number of amides is 2.